The van der Waals surface area contributed by atoms with E-state index in [0.717, 1.165) is 39.4 Å². The minimum Gasteiger partial charge on any atom is -0.482 e. The fourth-order valence-corrected chi connectivity index (χ4v) is 6.83. The minimum atomic E-state index is -0.758. The van der Waals surface area contributed by atoms with Gasteiger partial charge in [0, 0.05) is 29.2 Å². The van der Waals surface area contributed by atoms with Crippen molar-refractivity contribution in [1.82, 2.24) is 4.90 Å². The molecule has 8 nitrogen and oxygen atoms in total. The molecular formula is C29H40N2O6S. The van der Waals surface area contributed by atoms with Crippen molar-refractivity contribution in [2.24, 2.45) is 10.8 Å². The number of nitrogens with one attached hydrogen (secondary N) is 1. The average molecular weight is 545 g/mol. The molecular weight excluding hydrogens is 504 g/mol. The highest BCUT2D eigenvalue weighted by Crippen LogP contribution is 2.47. The van der Waals surface area contributed by atoms with Crippen LogP contribution in [0, 0.1) is 17.8 Å². The minimum absolute atomic E-state index is 0.154. The predicted molar refractivity (Wildman–Crippen MR) is 150 cm³/mol. The number of esters is 1. The van der Waals surface area contributed by atoms with Crippen molar-refractivity contribution in [1.29, 1.82) is 0 Å². The summed E-state index contributed by atoms with van der Waals surface area (Å²) in [7, 11) is 2.63. The van der Waals surface area contributed by atoms with E-state index in [0.29, 0.717) is 6.04 Å². The number of methoxy groups -OCH3 is 1. The second-order valence-electron chi connectivity index (χ2n) is 11.5. The third-order valence-electron chi connectivity index (χ3n) is 6.77. The highest BCUT2D eigenvalue weighted by Gasteiger charge is 2.38. The first kappa shape index (κ1) is 29.5. The zero-order valence-electron chi connectivity index (χ0n) is 23.7. The van der Waals surface area contributed by atoms with Gasteiger partial charge in [-0.2, -0.15) is 0 Å². The molecule has 0 unspecified atom stereocenters. The molecule has 0 atom stereocenters. The van der Waals surface area contributed by atoms with Crippen LogP contribution in [0.1, 0.15) is 69.1 Å². The smallest absolute Gasteiger partial charge is 0.416 e. The van der Waals surface area contributed by atoms with Crippen LogP contribution >= 0.6 is 11.3 Å². The standard InChI is InChI=1S/C29H40N2O6S/c1-9-36-27(34)31(7)22(32)16-37-23-18(2)24(38-25(23)26(33)35-8)19-11-10-12-20(13-19)30-21-14-28(3,4)17-29(5,6)15-21/h10-13,21,30H,9,14-17H2,1-8H3. The lowest BCUT2D eigenvalue weighted by atomic mass is 9.63. The first-order chi connectivity index (χ1) is 17.8. The second-order valence-corrected chi connectivity index (χ2v) is 12.5. The highest BCUT2D eigenvalue weighted by atomic mass is 32.1. The predicted octanol–water partition coefficient (Wildman–Crippen LogP) is 6.52. The Hall–Kier alpha value is -3.07. The molecule has 1 heterocycles. The van der Waals surface area contributed by atoms with Crippen molar-refractivity contribution in [3.05, 3.63) is 34.7 Å². The first-order valence-corrected chi connectivity index (χ1v) is 13.7. The number of anilines is 1. The van der Waals surface area contributed by atoms with Crippen molar-refractivity contribution < 1.29 is 28.6 Å². The van der Waals surface area contributed by atoms with Crippen molar-refractivity contribution in [2.45, 2.75) is 66.8 Å². The number of imide groups is 1. The van der Waals surface area contributed by atoms with Gasteiger partial charge in [-0.3, -0.25) is 4.79 Å². The number of thiophene rings is 1. The van der Waals surface area contributed by atoms with Crippen molar-refractivity contribution in [2.75, 3.05) is 32.7 Å². The Morgan fingerprint density at radius 2 is 1.79 bits per heavy atom. The van der Waals surface area contributed by atoms with Crippen LogP contribution in [0.4, 0.5) is 10.5 Å². The number of carbonyl (C=O) groups is 3. The third kappa shape index (κ3) is 7.07. The maximum Gasteiger partial charge on any atom is 0.416 e. The average Bonchev–Trinajstić information content (AvgIpc) is 3.15. The van der Waals surface area contributed by atoms with Crippen LogP contribution in [-0.4, -0.2) is 56.3 Å². The number of amides is 2. The lowest BCUT2D eigenvalue weighted by Gasteiger charge is -2.45. The molecule has 1 aliphatic carbocycles. The van der Waals surface area contributed by atoms with Crippen LogP contribution in [0.25, 0.3) is 10.4 Å². The van der Waals surface area contributed by atoms with Gasteiger partial charge in [-0.05, 0) is 61.6 Å². The molecule has 0 saturated heterocycles. The number of carbonyl (C=O) groups excluding carboxylic acids is 3. The van der Waals surface area contributed by atoms with E-state index in [1.54, 1.807) is 6.92 Å². The zero-order valence-corrected chi connectivity index (χ0v) is 24.5. The van der Waals surface area contributed by atoms with Gasteiger partial charge >= 0.3 is 12.1 Å². The molecule has 1 aromatic carbocycles. The Bertz CT molecular complexity index is 1170. The monoisotopic (exact) mass is 544 g/mol. The Kier molecular flexibility index (Phi) is 9.13. The van der Waals surface area contributed by atoms with Gasteiger partial charge in [0.15, 0.2) is 11.5 Å². The van der Waals surface area contributed by atoms with Crippen LogP contribution < -0.4 is 10.1 Å². The van der Waals surface area contributed by atoms with Gasteiger partial charge in [-0.25, -0.2) is 14.5 Å². The second kappa shape index (κ2) is 11.8. The summed E-state index contributed by atoms with van der Waals surface area (Å²) < 4.78 is 15.6. The third-order valence-corrected chi connectivity index (χ3v) is 8.07. The Morgan fingerprint density at radius 3 is 2.39 bits per heavy atom. The summed E-state index contributed by atoms with van der Waals surface area (Å²) in [6.45, 7) is 12.6. The molecule has 0 bridgehead atoms. The maximum atomic E-state index is 12.6. The van der Waals surface area contributed by atoms with Crippen molar-refractivity contribution in [3.8, 4) is 16.2 Å². The van der Waals surface area contributed by atoms with E-state index in [-0.39, 0.29) is 28.1 Å². The van der Waals surface area contributed by atoms with Crippen molar-refractivity contribution >= 4 is 35.0 Å². The molecule has 0 radical (unpaired) electrons. The van der Waals surface area contributed by atoms with Gasteiger partial charge in [0.2, 0.25) is 0 Å². The van der Waals surface area contributed by atoms with Gasteiger partial charge in [0.25, 0.3) is 5.91 Å². The fourth-order valence-electron chi connectivity index (χ4n) is 5.66. The lowest BCUT2D eigenvalue weighted by Crippen LogP contribution is -2.40. The summed E-state index contributed by atoms with van der Waals surface area (Å²) in [5.41, 5.74) is 3.20. The van der Waals surface area contributed by atoms with E-state index in [2.05, 4.69) is 45.1 Å². The van der Waals surface area contributed by atoms with Crippen molar-refractivity contribution in [3.63, 3.8) is 0 Å². The van der Waals surface area contributed by atoms with Crippen LogP contribution in [0.2, 0.25) is 0 Å². The molecule has 1 saturated carbocycles. The number of likely N-dealkylation sites (N-methyl/N-ethyl adjacent to an activating group) is 1. The number of hydrogen-bond donors (Lipinski definition) is 1. The molecule has 208 valence electrons. The summed E-state index contributed by atoms with van der Waals surface area (Å²) in [5.74, 6) is -0.862. The van der Waals surface area contributed by atoms with E-state index in [4.69, 9.17) is 14.2 Å². The number of nitrogens with zero attached hydrogens (tertiary/aromatic N) is 1. The number of rotatable bonds is 8. The van der Waals surface area contributed by atoms with Crippen LogP contribution in [0.15, 0.2) is 24.3 Å². The first-order valence-electron chi connectivity index (χ1n) is 12.9. The Labute approximate surface area is 229 Å². The van der Waals surface area contributed by atoms with Gasteiger partial charge in [-0.1, -0.05) is 39.8 Å². The summed E-state index contributed by atoms with van der Waals surface area (Å²) >= 11 is 1.26. The van der Waals surface area contributed by atoms with Gasteiger partial charge in [-0.15, -0.1) is 11.3 Å². The van der Waals surface area contributed by atoms with E-state index in [1.807, 2.05) is 19.1 Å². The maximum absolute atomic E-state index is 12.6. The van der Waals surface area contributed by atoms with E-state index >= 15 is 0 Å². The largest absolute Gasteiger partial charge is 0.482 e. The Balaban J connectivity index is 1.85. The molecule has 0 spiro atoms. The van der Waals surface area contributed by atoms with E-state index in [1.165, 1.54) is 31.9 Å². The normalized spacial score (nSPS) is 16.4. The summed E-state index contributed by atoms with van der Waals surface area (Å²) in [6.07, 6.45) is 2.63. The zero-order chi connectivity index (χ0) is 28.3. The van der Waals surface area contributed by atoms with Gasteiger partial charge in [0.05, 0.1) is 13.7 Å². The molecule has 1 N–H and O–H groups in total. The van der Waals surface area contributed by atoms with Crippen LogP contribution in [0.3, 0.4) is 0 Å². The molecule has 38 heavy (non-hydrogen) atoms. The molecule has 2 aromatic rings. The van der Waals surface area contributed by atoms with Gasteiger partial charge < -0.3 is 19.5 Å². The molecule has 1 fully saturated rings. The summed E-state index contributed by atoms with van der Waals surface area (Å²) in [6, 6.07) is 8.48. The lowest BCUT2D eigenvalue weighted by molar-refractivity contribution is -0.130. The molecule has 1 aliphatic rings. The number of ether oxygens (including phenoxy) is 3. The molecule has 2 amide bonds. The highest BCUT2D eigenvalue weighted by molar-refractivity contribution is 7.18. The SMILES string of the molecule is CCOC(=O)N(C)C(=O)COc1c(C(=O)OC)sc(-c2cccc(NC3CC(C)(C)CC(C)(C)C3)c2)c1C. The van der Waals surface area contributed by atoms with Crippen LogP contribution in [0.5, 0.6) is 5.75 Å². The number of benzene rings is 1. The summed E-state index contributed by atoms with van der Waals surface area (Å²) in [4.78, 5) is 38.9. The van der Waals surface area contributed by atoms with Gasteiger partial charge in [0.1, 0.15) is 5.75 Å². The van der Waals surface area contributed by atoms with E-state index in [9.17, 15) is 14.4 Å². The van der Waals surface area contributed by atoms with E-state index < -0.39 is 24.6 Å². The molecule has 3 rings (SSSR count). The fraction of sp³-hybridized carbons (Fsp3) is 0.552. The molecule has 9 heteroatoms. The summed E-state index contributed by atoms with van der Waals surface area (Å²) in [5, 5.41) is 3.74. The Morgan fingerprint density at radius 1 is 1.13 bits per heavy atom. The number of hydrogen-bond acceptors (Lipinski definition) is 8. The quantitative estimate of drug-likeness (QED) is 0.378. The topological polar surface area (TPSA) is 94.2 Å². The van der Waals surface area contributed by atoms with Crippen LogP contribution in [-0.2, 0) is 14.3 Å². The molecule has 0 aliphatic heterocycles. The molecule has 1 aromatic heterocycles.